The van der Waals surface area contributed by atoms with Crippen LogP contribution in [-0.4, -0.2) is 38.3 Å². The molecule has 0 amide bonds. The number of benzene rings is 3. The van der Waals surface area contributed by atoms with Gasteiger partial charge in [0.25, 0.3) is 0 Å². The minimum atomic E-state index is -3.80. The molecule has 10 heteroatoms. The van der Waals surface area contributed by atoms with Gasteiger partial charge in [-0.1, -0.05) is 66.0 Å². The lowest BCUT2D eigenvalue weighted by molar-refractivity contribution is 0.268. The van der Waals surface area contributed by atoms with E-state index in [-0.39, 0.29) is 9.92 Å². The van der Waals surface area contributed by atoms with E-state index in [2.05, 4.69) is 19.2 Å². The van der Waals surface area contributed by atoms with Crippen molar-refractivity contribution >= 4 is 50.7 Å². The van der Waals surface area contributed by atoms with Gasteiger partial charge in [0.2, 0.25) is 10.0 Å². The summed E-state index contributed by atoms with van der Waals surface area (Å²) < 4.78 is 34.8. The SMILES string of the molecule is CCCOc1cc(Cl)c(S(=O)(=O)N2CCCC2)cc1C1=NC(C)(c2ccc(Cl)cc2)C(C)(c2ccc(Cl)cc2)N1. The fourth-order valence-electron chi connectivity index (χ4n) is 5.43. The Morgan fingerprint density at radius 2 is 1.50 bits per heavy atom. The quantitative estimate of drug-likeness (QED) is 0.285. The highest BCUT2D eigenvalue weighted by atomic mass is 35.5. The van der Waals surface area contributed by atoms with E-state index in [0.717, 1.165) is 30.4 Å². The zero-order valence-electron chi connectivity index (χ0n) is 22.7. The van der Waals surface area contributed by atoms with E-state index >= 15 is 0 Å². The molecule has 0 aliphatic carbocycles. The van der Waals surface area contributed by atoms with Gasteiger partial charge in [0.1, 0.15) is 22.0 Å². The predicted molar refractivity (Wildman–Crippen MR) is 163 cm³/mol. The van der Waals surface area contributed by atoms with Crippen LogP contribution in [0.5, 0.6) is 5.75 Å². The summed E-state index contributed by atoms with van der Waals surface area (Å²) in [5.41, 5.74) is 0.885. The Morgan fingerprint density at radius 3 is 2.08 bits per heavy atom. The first-order valence-corrected chi connectivity index (χ1v) is 15.9. The third-order valence-corrected chi connectivity index (χ3v) is 10.8. The normalized spacial score (nSPS) is 23.2. The van der Waals surface area contributed by atoms with Gasteiger partial charge in [0.15, 0.2) is 0 Å². The lowest BCUT2D eigenvalue weighted by Gasteiger charge is -2.40. The summed E-state index contributed by atoms with van der Waals surface area (Å²) in [6.07, 6.45) is 2.43. The Balaban J connectivity index is 1.70. The molecule has 0 aromatic heterocycles. The van der Waals surface area contributed by atoms with Crippen molar-refractivity contribution in [1.82, 2.24) is 9.62 Å². The molecule has 2 aliphatic rings. The standard InChI is InChI=1S/C30H32Cl3N3O3S/c1-4-17-39-26-19-25(33)27(40(37,38)36-15-5-6-16-36)18-24(26)28-34-29(2,20-7-11-22(31)12-8-20)30(3,35-28)21-9-13-23(32)14-10-21/h7-14,18-19H,4-6,15-17H2,1-3H3,(H,34,35). The maximum absolute atomic E-state index is 13.6. The average molecular weight is 621 g/mol. The van der Waals surface area contributed by atoms with Crippen molar-refractivity contribution in [2.75, 3.05) is 19.7 Å². The highest BCUT2D eigenvalue weighted by Crippen LogP contribution is 2.48. The van der Waals surface area contributed by atoms with E-state index in [9.17, 15) is 8.42 Å². The van der Waals surface area contributed by atoms with Crippen molar-refractivity contribution < 1.29 is 13.2 Å². The maximum Gasteiger partial charge on any atom is 0.244 e. The molecule has 1 N–H and O–H groups in total. The van der Waals surface area contributed by atoms with Gasteiger partial charge >= 0.3 is 0 Å². The second kappa shape index (κ2) is 11.2. The van der Waals surface area contributed by atoms with Crippen LogP contribution in [0.15, 0.2) is 70.6 Å². The number of sulfonamides is 1. The van der Waals surface area contributed by atoms with E-state index in [1.807, 2.05) is 55.5 Å². The highest BCUT2D eigenvalue weighted by Gasteiger charge is 2.52. The van der Waals surface area contributed by atoms with Crippen LogP contribution in [0.4, 0.5) is 0 Å². The molecule has 2 heterocycles. The van der Waals surface area contributed by atoms with E-state index in [4.69, 9.17) is 44.5 Å². The Hall–Kier alpha value is -2.29. The number of hydrogen-bond donors (Lipinski definition) is 1. The van der Waals surface area contributed by atoms with E-state index in [0.29, 0.717) is 46.9 Å². The second-order valence-electron chi connectivity index (χ2n) is 10.5. The Bertz CT molecular complexity index is 1540. The Kier molecular flexibility index (Phi) is 8.16. The van der Waals surface area contributed by atoms with Crippen LogP contribution >= 0.6 is 34.8 Å². The third kappa shape index (κ3) is 5.12. The number of amidine groups is 1. The Labute approximate surface area is 251 Å². The first-order chi connectivity index (χ1) is 19.0. The molecular weight excluding hydrogens is 589 g/mol. The predicted octanol–water partition coefficient (Wildman–Crippen LogP) is 7.40. The molecule has 5 rings (SSSR count). The number of rotatable bonds is 8. The first-order valence-electron chi connectivity index (χ1n) is 13.4. The molecule has 1 fully saturated rings. The lowest BCUT2D eigenvalue weighted by Crippen LogP contribution is -2.50. The van der Waals surface area contributed by atoms with Gasteiger partial charge in [-0.05, 0) is 74.6 Å². The number of halogens is 3. The number of nitrogens with one attached hydrogen (secondary N) is 1. The van der Waals surface area contributed by atoms with Gasteiger partial charge in [-0.2, -0.15) is 4.31 Å². The average Bonchev–Trinajstić information content (AvgIpc) is 3.56. The van der Waals surface area contributed by atoms with Crippen molar-refractivity contribution in [3.8, 4) is 5.75 Å². The molecular formula is C30H32Cl3N3O3S. The second-order valence-corrected chi connectivity index (χ2v) is 13.7. The molecule has 3 aromatic rings. The van der Waals surface area contributed by atoms with Crippen LogP contribution in [0.3, 0.4) is 0 Å². The topological polar surface area (TPSA) is 71.0 Å². The first kappa shape index (κ1) is 29.2. The molecule has 2 atom stereocenters. The number of hydrogen-bond acceptors (Lipinski definition) is 5. The van der Waals surface area contributed by atoms with Crippen molar-refractivity contribution in [3.05, 3.63) is 92.4 Å². The van der Waals surface area contributed by atoms with E-state index < -0.39 is 21.1 Å². The monoisotopic (exact) mass is 619 g/mol. The maximum atomic E-state index is 13.6. The molecule has 212 valence electrons. The van der Waals surface area contributed by atoms with Gasteiger partial charge < -0.3 is 10.1 Å². The van der Waals surface area contributed by atoms with E-state index in [1.54, 1.807) is 12.1 Å². The van der Waals surface area contributed by atoms with E-state index in [1.165, 1.54) is 4.31 Å². The minimum Gasteiger partial charge on any atom is -0.493 e. The highest BCUT2D eigenvalue weighted by molar-refractivity contribution is 7.89. The Morgan fingerprint density at radius 1 is 0.925 bits per heavy atom. The van der Waals surface area contributed by atoms with Gasteiger partial charge in [-0.25, -0.2) is 8.42 Å². The summed E-state index contributed by atoms with van der Waals surface area (Å²) in [4.78, 5) is 5.31. The molecule has 2 unspecified atom stereocenters. The third-order valence-electron chi connectivity index (χ3n) is 7.94. The largest absolute Gasteiger partial charge is 0.493 e. The van der Waals surface area contributed by atoms with Gasteiger partial charge in [0.05, 0.1) is 22.7 Å². The van der Waals surface area contributed by atoms with Crippen molar-refractivity contribution in [2.24, 2.45) is 4.99 Å². The smallest absolute Gasteiger partial charge is 0.244 e. The van der Waals surface area contributed by atoms with Crippen LogP contribution in [0.1, 0.15) is 56.7 Å². The summed E-state index contributed by atoms with van der Waals surface area (Å²) >= 11 is 19.1. The van der Waals surface area contributed by atoms with Crippen LogP contribution in [0.25, 0.3) is 0 Å². The molecule has 2 aliphatic heterocycles. The molecule has 0 spiro atoms. The summed E-state index contributed by atoms with van der Waals surface area (Å²) in [6.45, 7) is 7.53. The minimum absolute atomic E-state index is 0.0488. The summed E-state index contributed by atoms with van der Waals surface area (Å²) in [6, 6.07) is 18.5. The number of ether oxygens (including phenoxy) is 1. The van der Waals surface area contributed by atoms with Crippen molar-refractivity contribution in [3.63, 3.8) is 0 Å². The van der Waals surface area contributed by atoms with Crippen LogP contribution < -0.4 is 10.1 Å². The number of aliphatic imine (C=N–C) groups is 1. The van der Waals surface area contributed by atoms with Gasteiger partial charge in [0, 0.05) is 29.2 Å². The molecule has 0 saturated carbocycles. The van der Waals surface area contributed by atoms with Gasteiger partial charge in [-0.15, -0.1) is 0 Å². The summed E-state index contributed by atoms with van der Waals surface area (Å²) in [5.74, 6) is 0.979. The fourth-order valence-corrected chi connectivity index (χ4v) is 7.72. The fraction of sp³-hybridized carbons (Fsp3) is 0.367. The summed E-state index contributed by atoms with van der Waals surface area (Å²) in [5, 5.41) is 5.03. The summed E-state index contributed by atoms with van der Waals surface area (Å²) in [7, 11) is -3.80. The van der Waals surface area contributed by atoms with Crippen molar-refractivity contribution in [2.45, 2.75) is 56.0 Å². The van der Waals surface area contributed by atoms with Gasteiger partial charge in [-0.3, -0.25) is 4.99 Å². The molecule has 40 heavy (non-hydrogen) atoms. The number of nitrogens with zero attached hydrogens (tertiary/aromatic N) is 2. The molecule has 1 saturated heterocycles. The van der Waals surface area contributed by atoms with Crippen LogP contribution in [-0.2, 0) is 21.1 Å². The van der Waals surface area contributed by atoms with Crippen LogP contribution in [0, 0.1) is 0 Å². The zero-order valence-corrected chi connectivity index (χ0v) is 25.8. The van der Waals surface area contributed by atoms with Crippen molar-refractivity contribution in [1.29, 1.82) is 0 Å². The molecule has 0 radical (unpaired) electrons. The zero-order chi connectivity index (χ0) is 28.7. The van der Waals surface area contributed by atoms with Crippen LogP contribution in [0.2, 0.25) is 15.1 Å². The molecule has 6 nitrogen and oxygen atoms in total. The lowest BCUT2D eigenvalue weighted by atomic mass is 9.72. The molecule has 0 bridgehead atoms. The molecule has 3 aromatic carbocycles.